The number of benzene rings is 1. The van der Waals surface area contributed by atoms with Crippen LogP contribution in [0.5, 0.6) is 5.75 Å². The number of halogens is 1. The van der Waals surface area contributed by atoms with Crippen molar-refractivity contribution in [2.45, 2.75) is 33.2 Å². The van der Waals surface area contributed by atoms with Gasteiger partial charge in [-0.3, -0.25) is 0 Å². The molecule has 0 saturated carbocycles. The van der Waals surface area contributed by atoms with Gasteiger partial charge < -0.3 is 10.1 Å². The Hall–Kier alpha value is -0.730. The highest BCUT2D eigenvalue weighted by atomic mass is 35.5. The fourth-order valence-corrected chi connectivity index (χ4v) is 2.52. The van der Waals surface area contributed by atoms with Crippen molar-refractivity contribution in [2.24, 2.45) is 5.41 Å². The Morgan fingerprint density at radius 3 is 2.44 bits per heavy atom. The number of alkyl halides is 1. The third-order valence-corrected chi connectivity index (χ3v) is 4.36. The number of ether oxygens (including phenoxy) is 1. The summed E-state index contributed by atoms with van der Waals surface area (Å²) in [6.45, 7) is 6.18. The van der Waals surface area contributed by atoms with E-state index < -0.39 is 0 Å². The molecule has 2 nitrogen and oxygen atoms in total. The van der Waals surface area contributed by atoms with E-state index in [0.29, 0.717) is 5.88 Å². The Morgan fingerprint density at radius 2 is 1.89 bits per heavy atom. The molecule has 0 aliphatic heterocycles. The SMILES string of the molecule is CCC(CC)(CCl)CNCc1ccccc1OC. The molecule has 3 heteroatoms. The van der Waals surface area contributed by atoms with Gasteiger partial charge in [0, 0.05) is 24.5 Å². The molecule has 102 valence electrons. The minimum absolute atomic E-state index is 0.212. The van der Waals surface area contributed by atoms with Gasteiger partial charge in [-0.05, 0) is 24.3 Å². The number of nitrogens with one attached hydrogen (secondary N) is 1. The van der Waals surface area contributed by atoms with Gasteiger partial charge in [-0.25, -0.2) is 0 Å². The second kappa shape index (κ2) is 7.65. The molecule has 0 fully saturated rings. The van der Waals surface area contributed by atoms with E-state index in [2.05, 4.69) is 25.2 Å². The molecule has 0 heterocycles. The topological polar surface area (TPSA) is 21.3 Å². The average Bonchev–Trinajstić information content (AvgIpc) is 2.44. The fraction of sp³-hybridized carbons (Fsp3) is 0.600. The smallest absolute Gasteiger partial charge is 0.123 e. The van der Waals surface area contributed by atoms with Crippen molar-refractivity contribution in [1.82, 2.24) is 5.32 Å². The Bertz CT molecular complexity index is 342. The predicted molar refractivity (Wildman–Crippen MR) is 78.4 cm³/mol. The van der Waals surface area contributed by atoms with Crippen LogP contribution in [-0.2, 0) is 6.54 Å². The molecule has 1 rings (SSSR count). The van der Waals surface area contributed by atoms with Gasteiger partial charge in [0.05, 0.1) is 7.11 Å². The zero-order valence-electron chi connectivity index (χ0n) is 11.6. The maximum Gasteiger partial charge on any atom is 0.123 e. The van der Waals surface area contributed by atoms with Crippen molar-refractivity contribution < 1.29 is 4.74 Å². The zero-order chi connectivity index (χ0) is 13.4. The lowest BCUT2D eigenvalue weighted by molar-refractivity contribution is 0.285. The highest BCUT2D eigenvalue weighted by Gasteiger charge is 2.24. The number of hydrogen-bond acceptors (Lipinski definition) is 2. The van der Waals surface area contributed by atoms with Gasteiger partial charge in [-0.15, -0.1) is 11.6 Å². The third kappa shape index (κ3) is 3.89. The van der Waals surface area contributed by atoms with Crippen LogP contribution < -0.4 is 10.1 Å². The van der Waals surface area contributed by atoms with Gasteiger partial charge in [0.25, 0.3) is 0 Å². The molecule has 0 unspecified atom stereocenters. The number of methoxy groups -OCH3 is 1. The molecule has 0 aliphatic rings. The van der Waals surface area contributed by atoms with Crippen molar-refractivity contribution >= 4 is 11.6 Å². The van der Waals surface area contributed by atoms with Crippen LogP contribution in [0, 0.1) is 5.41 Å². The first-order valence-electron chi connectivity index (χ1n) is 6.60. The van der Waals surface area contributed by atoms with Gasteiger partial charge in [0.15, 0.2) is 0 Å². The van der Waals surface area contributed by atoms with Gasteiger partial charge >= 0.3 is 0 Å². The van der Waals surface area contributed by atoms with Gasteiger partial charge in [-0.1, -0.05) is 32.0 Å². The first-order valence-corrected chi connectivity index (χ1v) is 7.13. The Labute approximate surface area is 116 Å². The van der Waals surface area contributed by atoms with Crippen molar-refractivity contribution in [1.29, 1.82) is 0 Å². The van der Waals surface area contributed by atoms with E-state index in [1.807, 2.05) is 18.2 Å². The maximum absolute atomic E-state index is 6.10. The summed E-state index contributed by atoms with van der Waals surface area (Å²) in [5.74, 6) is 1.65. The van der Waals surface area contributed by atoms with Crippen LogP contribution in [0.15, 0.2) is 24.3 Å². The molecule has 0 atom stereocenters. The minimum Gasteiger partial charge on any atom is -0.496 e. The molecular formula is C15H24ClNO. The predicted octanol–water partition coefficient (Wildman–Crippen LogP) is 3.83. The first kappa shape index (κ1) is 15.3. The lowest BCUT2D eigenvalue weighted by Gasteiger charge is -2.29. The molecule has 0 aromatic heterocycles. The van der Waals surface area contributed by atoms with E-state index >= 15 is 0 Å². The monoisotopic (exact) mass is 269 g/mol. The van der Waals surface area contributed by atoms with Crippen molar-refractivity contribution in [3.05, 3.63) is 29.8 Å². The van der Waals surface area contributed by atoms with Crippen LogP contribution in [0.25, 0.3) is 0 Å². The molecule has 1 aromatic carbocycles. The van der Waals surface area contributed by atoms with Crippen LogP contribution >= 0.6 is 11.6 Å². The van der Waals surface area contributed by atoms with E-state index in [-0.39, 0.29) is 5.41 Å². The van der Waals surface area contributed by atoms with E-state index in [4.69, 9.17) is 16.3 Å². The molecule has 0 aliphatic carbocycles. The van der Waals surface area contributed by atoms with Crippen LogP contribution in [0.4, 0.5) is 0 Å². The molecule has 18 heavy (non-hydrogen) atoms. The summed E-state index contributed by atoms with van der Waals surface area (Å²) < 4.78 is 5.34. The van der Waals surface area contributed by atoms with E-state index in [1.54, 1.807) is 7.11 Å². The lowest BCUT2D eigenvalue weighted by Crippen LogP contribution is -2.34. The summed E-state index contributed by atoms with van der Waals surface area (Å²) in [5.41, 5.74) is 1.40. The first-order chi connectivity index (χ1) is 8.71. The molecule has 1 aromatic rings. The standard InChI is InChI=1S/C15H24ClNO/c1-4-15(5-2,11-16)12-17-10-13-8-6-7-9-14(13)18-3/h6-9,17H,4-5,10-12H2,1-3H3. The number of rotatable bonds is 8. The van der Waals surface area contributed by atoms with Gasteiger partial charge in [-0.2, -0.15) is 0 Å². The number of hydrogen-bond donors (Lipinski definition) is 1. The second-order valence-corrected chi connectivity index (χ2v) is 5.02. The zero-order valence-corrected chi connectivity index (χ0v) is 12.4. The quantitative estimate of drug-likeness (QED) is 0.724. The Kier molecular flexibility index (Phi) is 6.51. The van der Waals surface area contributed by atoms with Crippen molar-refractivity contribution in [3.8, 4) is 5.75 Å². The Balaban J connectivity index is 2.55. The van der Waals surface area contributed by atoms with Crippen LogP contribution in [0.3, 0.4) is 0 Å². The summed E-state index contributed by atoms with van der Waals surface area (Å²) >= 11 is 6.10. The molecule has 0 amide bonds. The lowest BCUT2D eigenvalue weighted by atomic mass is 9.84. The normalized spacial score (nSPS) is 11.6. The van der Waals surface area contributed by atoms with E-state index in [9.17, 15) is 0 Å². The van der Waals surface area contributed by atoms with Gasteiger partial charge in [0.1, 0.15) is 5.75 Å². The summed E-state index contributed by atoms with van der Waals surface area (Å²) in [5, 5.41) is 3.51. The van der Waals surface area contributed by atoms with Crippen molar-refractivity contribution in [3.63, 3.8) is 0 Å². The Morgan fingerprint density at radius 1 is 1.22 bits per heavy atom. The van der Waals surface area contributed by atoms with Crippen LogP contribution in [0.1, 0.15) is 32.3 Å². The van der Waals surface area contributed by atoms with E-state index in [1.165, 1.54) is 5.56 Å². The fourth-order valence-electron chi connectivity index (χ4n) is 2.05. The minimum atomic E-state index is 0.212. The van der Waals surface area contributed by atoms with Crippen molar-refractivity contribution in [2.75, 3.05) is 19.5 Å². The highest BCUT2D eigenvalue weighted by Crippen LogP contribution is 2.27. The summed E-state index contributed by atoms with van der Waals surface area (Å²) in [6.07, 6.45) is 2.21. The highest BCUT2D eigenvalue weighted by molar-refractivity contribution is 6.18. The molecule has 0 saturated heterocycles. The average molecular weight is 270 g/mol. The summed E-state index contributed by atoms with van der Waals surface area (Å²) in [7, 11) is 1.71. The summed E-state index contributed by atoms with van der Waals surface area (Å²) in [6, 6.07) is 8.11. The van der Waals surface area contributed by atoms with E-state index in [0.717, 1.165) is 31.7 Å². The molecule has 1 N–H and O–H groups in total. The largest absolute Gasteiger partial charge is 0.496 e. The van der Waals surface area contributed by atoms with Crippen LogP contribution in [0.2, 0.25) is 0 Å². The summed E-state index contributed by atoms with van der Waals surface area (Å²) in [4.78, 5) is 0. The van der Waals surface area contributed by atoms with Crippen LogP contribution in [-0.4, -0.2) is 19.5 Å². The molecular weight excluding hydrogens is 246 g/mol. The second-order valence-electron chi connectivity index (χ2n) is 4.76. The third-order valence-electron chi connectivity index (χ3n) is 3.79. The van der Waals surface area contributed by atoms with Gasteiger partial charge in [0.2, 0.25) is 0 Å². The molecule has 0 spiro atoms. The maximum atomic E-state index is 6.10. The molecule has 0 bridgehead atoms. The number of para-hydroxylation sites is 1. The molecule has 0 radical (unpaired) electrons.